The van der Waals surface area contributed by atoms with Gasteiger partial charge >= 0.3 is 0 Å². The molecule has 82 valence electrons. The Morgan fingerprint density at radius 3 is 2.93 bits per heavy atom. The van der Waals surface area contributed by atoms with Crippen LogP contribution in [0.4, 0.5) is 4.39 Å². The summed E-state index contributed by atoms with van der Waals surface area (Å²) in [6, 6.07) is 4.81. The maximum atomic E-state index is 13.5. The van der Waals surface area contributed by atoms with Gasteiger partial charge in [0, 0.05) is 10.0 Å². The summed E-state index contributed by atoms with van der Waals surface area (Å²) in [5, 5.41) is 3.22. The average Bonchev–Trinajstić information content (AvgIpc) is 2.24. The first-order valence-corrected chi connectivity index (χ1v) is 5.79. The van der Waals surface area contributed by atoms with Gasteiger partial charge in [0.1, 0.15) is 5.82 Å². The number of benzene rings is 1. The zero-order chi connectivity index (χ0) is 11.3. The molecule has 1 aromatic carbocycles. The van der Waals surface area contributed by atoms with Crippen LogP contribution in [0.2, 0.25) is 0 Å². The molecule has 0 amide bonds. The number of nitrogens with one attached hydrogen (secondary N) is 1. The molecule has 0 fully saturated rings. The van der Waals surface area contributed by atoms with Crippen LogP contribution in [0.5, 0.6) is 0 Å². The fraction of sp³-hybridized carbons (Fsp3) is 0.333. The fourth-order valence-corrected chi connectivity index (χ4v) is 1.75. The van der Waals surface area contributed by atoms with Crippen molar-refractivity contribution in [2.45, 2.75) is 19.4 Å². The van der Waals surface area contributed by atoms with E-state index in [1.54, 1.807) is 18.2 Å². The van der Waals surface area contributed by atoms with E-state index in [1.807, 2.05) is 0 Å². The van der Waals surface area contributed by atoms with Crippen LogP contribution in [0.25, 0.3) is 0 Å². The summed E-state index contributed by atoms with van der Waals surface area (Å²) in [6.45, 7) is 6.64. The van der Waals surface area contributed by atoms with Crippen LogP contribution in [-0.4, -0.2) is 6.54 Å². The Labute approximate surface area is 98.5 Å². The maximum absolute atomic E-state index is 13.5. The van der Waals surface area contributed by atoms with Crippen LogP contribution >= 0.6 is 15.9 Å². The molecule has 0 aromatic heterocycles. The van der Waals surface area contributed by atoms with E-state index in [9.17, 15) is 4.39 Å². The van der Waals surface area contributed by atoms with E-state index >= 15 is 0 Å². The van der Waals surface area contributed by atoms with Gasteiger partial charge in [-0.05, 0) is 31.2 Å². The average molecular weight is 272 g/mol. The van der Waals surface area contributed by atoms with Crippen molar-refractivity contribution in [3.8, 4) is 0 Å². The molecule has 0 saturated carbocycles. The molecule has 0 bridgehead atoms. The molecular weight excluding hydrogens is 257 g/mol. The number of rotatable bonds is 5. The van der Waals surface area contributed by atoms with Gasteiger partial charge in [0.2, 0.25) is 0 Å². The van der Waals surface area contributed by atoms with E-state index in [0.717, 1.165) is 17.4 Å². The van der Waals surface area contributed by atoms with Gasteiger partial charge in [-0.1, -0.05) is 28.9 Å². The van der Waals surface area contributed by atoms with Gasteiger partial charge in [0.05, 0.1) is 6.04 Å². The van der Waals surface area contributed by atoms with Crippen molar-refractivity contribution in [1.29, 1.82) is 0 Å². The Hall–Kier alpha value is -0.670. The van der Waals surface area contributed by atoms with E-state index in [1.165, 1.54) is 6.07 Å². The van der Waals surface area contributed by atoms with Crippen LogP contribution < -0.4 is 5.32 Å². The molecule has 1 N–H and O–H groups in total. The summed E-state index contributed by atoms with van der Waals surface area (Å²) in [6.07, 6.45) is 2.74. The highest BCUT2D eigenvalue weighted by Gasteiger charge is 2.11. The minimum atomic E-state index is -0.202. The second-order valence-corrected chi connectivity index (χ2v) is 4.25. The molecule has 0 radical (unpaired) electrons. The van der Waals surface area contributed by atoms with E-state index in [-0.39, 0.29) is 11.9 Å². The van der Waals surface area contributed by atoms with Crippen molar-refractivity contribution in [1.82, 2.24) is 5.32 Å². The van der Waals surface area contributed by atoms with E-state index in [2.05, 4.69) is 34.7 Å². The summed E-state index contributed by atoms with van der Waals surface area (Å²) in [7, 11) is 0. The Morgan fingerprint density at radius 1 is 1.60 bits per heavy atom. The van der Waals surface area contributed by atoms with Crippen molar-refractivity contribution in [2.24, 2.45) is 0 Å². The van der Waals surface area contributed by atoms with Crippen LogP contribution in [0.1, 0.15) is 24.9 Å². The van der Waals surface area contributed by atoms with E-state index in [4.69, 9.17) is 0 Å². The fourth-order valence-electron chi connectivity index (χ4n) is 1.37. The quantitative estimate of drug-likeness (QED) is 0.803. The first kappa shape index (κ1) is 12.4. The number of hydrogen-bond donors (Lipinski definition) is 1. The van der Waals surface area contributed by atoms with Crippen LogP contribution in [-0.2, 0) is 0 Å². The van der Waals surface area contributed by atoms with Crippen LogP contribution in [0.15, 0.2) is 35.3 Å². The molecule has 1 atom stereocenters. The van der Waals surface area contributed by atoms with Gasteiger partial charge in [-0.2, -0.15) is 0 Å². The first-order valence-electron chi connectivity index (χ1n) is 5.00. The minimum absolute atomic E-state index is 0.123. The highest BCUT2D eigenvalue weighted by molar-refractivity contribution is 9.10. The zero-order valence-electron chi connectivity index (χ0n) is 8.76. The molecule has 3 heteroatoms. The second kappa shape index (κ2) is 6.03. The molecule has 1 unspecified atom stereocenters. The molecule has 0 saturated heterocycles. The van der Waals surface area contributed by atoms with Gasteiger partial charge in [0.15, 0.2) is 0 Å². The zero-order valence-corrected chi connectivity index (χ0v) is 10.3. The topological polar surface area (TPSA) is 12.0 Å². The molecule has 0 heterocycles. The largest absolute Gasteiger partial charge is 0.307 e. The Morgan fingerprint density at radius 2 is 2.33 bits per heavy atom. The maximum Gasteiger partial charge on any atom is 0.128 e. The molecule has 0 aliphatic carbocycles. The van der Waals surface area contributed by atoms with Crippen molar-refractivity contribution >= 4 is 15.9 Å². The molecule has 15 heavy (non-hydrogen) atoms. The van der Waals surface area contributed by atoms with Crippen molar-refractivity contribution < 1.29 is 4.39 Å². The summed E-state index contributed by atoms with van der Waals surface area (Å²) < 4.78 is 14.4. The Kier molecular flexibility index (Phi) is 4.99. The standard InChI is InChI=1S/C12H15BrFN/c1-3-7-15-12(4-2)10-8-9(13)5-6-11(10)14/h4-6,8,12,15H,2-3,7H2,1H3. The van der Waals surface area contributed by atoms with Crippen molar-refractivity contribution in [3.05, 3.63) is 46.7 Å². The summed E-state index contributed by atoms with van der Waals surface area (Å²) >= 11 is 3.33. The lowest BCUT2D eigenvalue weighted by atomic mass is 10.1. The summed E-state index contributed by atoms with van der Waals surface area (Å²) in [5.74, 6) is -0.202. The Balaban J connectivity index is 2.90. The lowest BCUT2D eigenvalue weighted by molar-refractivity contribution is 0.555. The smallest absolute Gasteiger partial charge is 0.128 e. The van der Waals surface area contributed by atoms with Crippen molar-refractivity contribution in [2.75, 3.05) is 6.54 Å². The van der Waals surface area contributed by atoms with E-state index < -0.39 is 0 Å². The lowest BCUT2D eigenvalue weighted by Crippen LogP contribution is -2.21. The monoisotopic (exact) mass is 271 g/mol. The predicted octanol–water partition coefficient (Wildman–Crippen LogP) is 3.81. The normalized spacial score (nSPS) is 12.5. The highest BCUT2D eigenvalue weighted by Crippen LogP contribution is 2.22. The minimum Gasteiger partial charge on any atom is -0.307 e. The Bertz CT molecular complexity index is 338. The SMILES string of the molecule is C=CC(NCCC)c1cc(Br)ccc1F. The van der Waals surface area contributed by atoms with Gasteiger partial charge in [-0.15, -0.1) is 6.58 Å². The molecule has 1 nitrogen and oxygen atoms in total. The van der Waals surface area contributed by atoms with Gasteiger partial charge in [-0.25, -0.2) is 4.39 Å². The second-order valence-electron chi connectivity index (χ2n) is 3.33. The molecule has 0 aliphatic rings. The molecule has 1 rings (SSSR count). The summed E-state index contributed by atoms with van der Waals surface area (Å²) in [4.78, 5) is 0. The lowest BCUT2D eigenvalue weighted by Gasteiger charge is -2.15. The molecule has 0 aliphatic heterocycles. The predicted molar refractivity (Wildman–Crippen MR) is 65.3 cm³/mol. The summed E-state index contributed by atoms with van der Waals surface area (Å²) in [5.41, 5.74) is 0.632. The van der Waals surface area contributed by atoms with Crippen LogP contribution in [0, 0.1) is 5.82 Å². The van der Waals surface area contributed by atoms with Gasteiger partial charge in [-0.3, -0.25) is 0 Å². The first-order chi connectivity index (χ1) is 7.19. The van der Waals surface area contributed by atoms with Gasteiger partial charge in [0.25, 0.3) is 0 Å². The number of hydrogen-bond acceptors (Lipinski definition) is 1. The van der Waals surface area contributed by atoms with Crippen LogP contribution in [0.3, 0.4) is 0 Å². The molecular formula is C12H15BrFN. The molecule has 0 spiro atoms. The highest BCUT2D eigenvalue weighted by atomic mass is 79.9. The van der Waals surface area contributed by atoms with Crippen molar-refractivity contribution in [3.63, 3.8) is 0 Å². The van der Waals surface area contributed by atoms with Gasteiger partial charge < -0.3 is 5.32 Å². The number of halogens is 2. The molecule has 1 aromatic rings. The third-order valence-corrected chi connectivity index (χ3v) is 2.64. The van der Waals surface area contributed by atoms with E-state index in [0.29, 0.717) is 5.56 Å². The third-order valence-electron chi connectivity index (χ3n) is 2.14. The third kappa shape index (κ3) is 3.43.